The molecule has 0 aliphatic heterocycles. The first-order valence-electron chi connectivity index (χ1n) is 6.82. The maximum atomic E-state index is 5.83. The minimum absolute atomic E-state index is 0.551. The Balaban J connectivity index is 2.27. The van der Waals surface area contributed by atoms with Gasteiger partial charge in [-0.25, -0.2) is 4.99 Å². The first-order chi connectivity index (χ1) is 8.74. The third-order valence-electron chi connectivity index (χ3n) is 3.02. The van der Waals surface area contributed by atoms with Crippen LogP contribution in [0, 0.1) is 6.92 Å². The number of nitrogens with two attached hydrogens (primary N) is 1. The van der Waals surface area contributed by atoms with Gasteiger partial charge in [0.15, 0.2) is 5.96 Å². The molecule has 3 heteroatoms. The lowest BCUT2D eigenvalue weighted by atomic mass is 10.1. The van der Waals surface area contributed by atoms with Crippen molar-refractivity contribution in [3.8, 4) is 0 Å². The number of nitrogens with one attached hydrogen (secondary N) is 1. The molecule has 0 amide bonds. The van der Waals surface area contributed by atoms with Crippen LogP contribution in [-0.2, 0) is 6.54 Å². The van der Waals surface area contributed by atoms with Gasteiger partial charge in [-0.1, -0.05) is 50.5 Å². The Hall–Kier alpha value is -1.51. The van der Waals surface area contributed by atoms with Crippen LogP contribution < -0.4 is 11.1 Å². The van der Waals surface area contributed by atoms with E-state index in [9.17, 15) is 0 Å². The SMILES string of the molecule is CCCCCCNC(N)=NCc1ccccc1C. The summed E-state index contributed by atoms with van der Waals surface area (Å²) in [5, 5.41) is 3.16. The highest BCUT2D eigenvalue weighted by atomic mass is 15.1. The van der Waals surface area contributed by atoms with Crippen molar-refractivity contribution in [2.45, 2.75) is 46.1 Å². The number of guanidine groups is 1. The van der Waals surface area contributed by atoms with Crippen LogP contribution in [0.1, 0.15) is 43.7 Å². The van der Waals surface area contributed by atoms with Crippen LogP contribution in [0.5, 0.6) is 0 Å². The number of aryl methyl sites for hydroxylation is 1. The fourth-order valence-electron chi connectivity index (χ4n) is 1.78. The fraction of sp³-hybridized carbons (Fsp3) is 0.533. The number of nitrogens with zero attached hydrogens (tertiary/aromatic N) is 1. The Morgan fingerprint density at radius 2 is 2.00 bits per heavy atom. The van der Waals surface area contributed by atoms with Crippen molar-refractivity contribution in [3.63, 3.8) is 0 Å². The van der Waals surface area contributed by atoms with Crippen LogP contribution in [0.3, 0.4) is 0 Å². The second-order valence-electron chi connectivity index (χ2n) is 4.62. The van der Waals surface area contributed by atoms with Crippen LogP contribution >= 0.6 is 0 Å². The van der Waals surface area contributed by atoms with E-state index in [0.717, 1.165) is 13.0 Å². The van der Waals surface area contributed by atoms with Gasteiger partial charge in [-0.15, -0.1) is 0 Å². The standard InChI is InChI=1S/C15H25N3/c1-3-4-5-8-11-17-15(16)18-12-14-10-7-6-9-13(14)2/h6-7,9-10H,3-5,8,11-12H2,1-2H3,(H3,16,17,18). The van der Waals surface area contributed by atoms with Crippen molar-refractivity contribution in [1.29, 1.82) is 0 Å². The van der Waals surface area contributed by atoms with Crippen molar-refractivity contribution in [3.05, 3.63) is 35.4 Å². The zero-order valence-corrected chi connectivity index (χ0v) is 11.6. The molecule has 0 fully saturated rings. The normalized spacial score (nSPS) is 11.6. The number of aliphatic imine (C=N–C) groups is 1. The lowest BCUT2D eigenvalue weighted by Crippen LogP contribution is -2.32. The van der Waals surface area contributed by atoms with Gasteiger partial charge in [-0.2, -0.15) is 0 Å². The third-order valence-corrected chi connectivity index (χ3v) is 3.02. The molecule has 0 aliphatic carbocycles. The molecule has 1 rings (SSSR count). The molecule has 0 aliphatic rings. The van der Waals surface area contributed by atoms with E-state index in [4.69, 9.17) is 5.73 Å². The Bertz CT molecular complexity index is 372. The molecule has 0 aromatic heterocycles. The highest BCUT2D eigenvalue weighted by Gasteiger charge is 1.96. The van der Waals surface area contributed by atoms with Crippen molar-refractivity contribution >= 4 is 5.96 Å². The molecule has 18 heavy (non-hydrogen) atoms. The molecule has 0 atom stereocenters. The number of rotatable bonds is 7. The summed E-state index contributed by atoms with van der Waals surface area (Å²) >= 11 is 0. The van der Waals surface area contributed by atoms with Gasteiger partial charge in [0.2, 0.25) is 0 Å². The topological polar surface area (TPSA) is 50.4 Å². The van der Waals surface area contributed by atoms with Crippen molar-refractivity contribution in [2.24, 2.45) is 10.7 Å². The molecule has 1 aromatic rings. The third kappa shape index (κ3) is 5.71. The summed E-state index contributed by atoms with van der Waals surface area (Å²) in [7, 11) is 0. The van der Waals surface area contributed by atoms with Crippen LogP contribution in [0.2, 0.25) is 0 Å². The maximum Gasteiger partial charge on any atom is 0.188 e. The van der Waals surface area contributed by atoms with Gasteiger partial charge in [0, 0.05) is 6.54 Å². The Morgan fingerprint density at radius 1 is 1.22 bits per heavy atom. The average Bonchev–Trinajstić information content (AvgIpc) is 2.37. The first-order valence-corrected chi connectivity index (χ1v) is 6.82. The first kappa shape index (κ1) is 14.6. The lowest BCUT2D eigenvalue weighted by molar-refractivity contribution is 0.652. The van der Waals surface area contributed by atoms with E-state index in [-0.39, 0.29) is 0 Å². The summed E-state index contributed by atoms with van der Waals surface area (Å²) in [6.45, 7) is 5.88. The quantitative estimate of drug-likeness (QED) is 0.442. The summed E-state index contributed by atoms with van der Waals surface area (Å²) in [5.74, 6) is 0.551. The molecule has 3 N–H and O–H groups in total. The van der Waals surface area contributed by atoms with Crippen LogP contribution in [-0.4, -0.2) is 12.5 Å². The summed E-state index contributed by atoms with van der Waals surface area (Å²) in [5.41, 5.74) is 8.32. The molecule has 3 nitrogen and oxygen atoms in total. The summed E-state index contributed by atoms with van der Waals surface area (Å²) in [6.07, 6.45) is 4.97. The van der Waals surface area contributed by atoms with Crippen molar-refractivity contribution < 1.29 is 0 Å². The Labute approximate surface area is 111 Å². The molecule has 0 saturated heterocycles. The maximum absolute atomic E-state index is 5.83. The molecule has 0 saturated carbocycles. The highest BCUT2D eigenvalue weighted by molar-refractivity contribution is 5.77. The van der Waals surface area contributed by atoms with Crippen molar-refractivity contribution in [2.75, 3.05) is 6.54 Å². The van der Waals surface area contributed by atoms with E-state index in [1.165, 1.54) is 30.4 Å². The van der Waals surface area contributed by atoms with Gasteiger partial charge in [0.25, 0.3) is 0 Å². The largest absolute Gasteiger partial charge is 0.370 e. The molecule has 1 aromatic carbocycles. The Morgan fingerprint density at radius 3 is 2.72 bits per heavy atom. The van der Waals surface area contributed by atoms with E-state index < -0.39 is 0 Å². The second-order valence-corrected chi connectivity index (χ2v) is 4.62. The molecule has 0 spiro atoms. The van der Waals surface area contributed by atoms with E-state index in [1.807, 2.05) is 12.1 Å². The predicted octanol–water partition coefficient (Wildman–Crippen LogP) is 2.98. The lowest BCUT2D eigenvalue weighted by Gasteiger charge is -2.06. The summed E-state index contributed by atoms with van der Waals surface area (Å²) in [6, 6.07) is 8.26. The molecular weight excluding hydrogens is 222 g/mol. The highest BCUT2D eigenvalue weighted by Crippen LogP contribution is 2.07. The van der Waals surface area contributed by atoms with Gasteiger partial charge in [0.05, 0.1) is 6.54 Å². The second kappa shape index (κ2) is 8.56. The molecule has 0 bridgehead atoms. The zero-order chi connectivity index (χ0) is 13.2. The van der Waals surface area contributed by atoms with Crippen LogP contribution in [0.25, 0.3) is 0 Å². The summed E-state index contributed by atoms with van der Waals surface area (Å²) < 4.78 is 0. The number of hydrogen-bond donors (Lipinski definition) is 2. The van der Waals surface area contributed by atoms with Crippen LogP contribution in [0.4, 0.5) is 0 Å². The monoisotopic (exact) mass is 247 g/mol. The van der Waals surface area contributed by atoms with Gasteiger partial charge in [-0.05, 0) is 24.5 Å². The molecule has 0 radical (unpaired) electrons. The van der Waals surface area contributed by atoms with E-state index in [1.54, 1.807) is 0 Å². The molecule has 0 heterocycles. The van der Waals surface area contributed by atoms with E-state index in [0.29, 0.717) is 12.5 Å². The minimum Gasteiger partial charge on any atom is -0.370 e. The predicted molar refractivity (Wildman–Crippen MR) is 78.7 cm³/mol. The fourth-order valence-corrected chi connectivity index (χ4v) is 1.78. The number of benzene rings is 1. The van der Waals surface area contributed by atoms with E-state index in [2.05, 4.69) is 36.3 Å². The average molecular weight is 247 g/mol. The Kier molecular flexibility index (Phi) is 6.92. The zero-order valence-electron chi connectivity index (χ0n) is 11.6. The van der Waals surface area contributed by atoms with Gasteiger partial charge in [-0.3, -0.25) is 0 Å². The van der Waals surface area contributed by atoms with E-state index >= 15 is 0 Å². The number of hydrogen-bond acceptors (Lipinski definition) is 1. The molecule has 100 valence electrons. The van der Waals surface area contributed by atoms with Gasteiger partial charge >= 0.3 is 0 Å². The van der Waals surface area contributed by atoms with Gasteiger partial charge < -0.3 is 11.1 Å². The summed E-state index contributed by atoms with van der Waals surface area (Å²) in [4.78, 5) is 4.36. The van der Waals surface area contributed by atoms with Crippen molar-refractivity contribution in [1.82, 2.24) is 5.32 Å². The minimum atomic E-state index is 0.551. The van der Waals surface area contributed by atoms with Gasteiger partial charge in [0.1, 0.15) is 0 Å². The smallest absolute Gasteiger partial charge is 0.188 e. The van der Waals surface area contributed by atoms with Crippen LogP contribution in [0.15, 0.2) is 29.3 Å². The molecule has 0 unspecified atom stereocenters. The molecular formula is C15H25N3. The number of unbranched alkanes of at least 4 members (excludes halogenated alkanes) is 3.